The molecular weight excluding hydrogens is 424 g/mol. The number of hydrogen-bond donors (Lipinski definition) is 1. The number of nitro groups is 1. The Bertz CT molecular complexity index is 1540. The molecule has 5 rings (SSSR count). The summed E-state index contributed by atoms with van der Waals surface area (Å²) in [6.45, 7) is 2.04. The van der Waals surface area contributed by atoms with Gasteiger partial charge in [0.1, 0.15) is 11.0 Å². The lowest BCUT2D eigenvalue weighted by atomic mass is 10.2. The molecule has 0 fully saturated rings. The van der Waals surface area contributed by atoms with Crippen LogP contribution in [0.25, 0.3) is 27.6 Å². The van der Waals surface area contributed by atoms with Crippen LogP contribution in [0.1, 0.15) is 11.1 Å². The number of nitrogens with zero attached hydrogens (tertiary/aromatic N) is 3. The molecule has 8 heteroatoms. The van der Waals surface area contributed by atoms with Crippen LogP contribution in [-0.2, 0) is 5.75 Å². The summed E-state index contributed by atoms with van der Waals surface area (Å²) in [5.41, 5.74) is 4.40. The Morgan fingerprint density at radius 2 is 1.84 bits per heavy atom. The minimum atomic E-state index is -0.459. The number of para-hydroxylation sites is 1. The first-order chi connectivity index (χ1) is 15.5. The van der Waals surface area contributed by atoms with Crippen molar-refractivity contribution in [3.05, 3.63) is 104 Å². The molecule has 2 heterocycles. The number of non-ortho nitro benzene ring substituents is 1. The predicted octanol–water partition coefficient (Wildman–Crippen LogP) is 5.38. The van der Waals surface area contributed by atoms with Gasteiger partial charge >= 0.3 is 0 Å². The summed E-state index contributed by atoms with van der Waals surface area (Å²) in [5, 5.41) is 12.5. The van der Waals surface area contributed by atoms with E-state index in [-0.39, 0.29) is 11.2 Å². The minimum Gasteiger partial charge on any atom is -0.349 e. The zero-order valence-electron chi connectivity index (χ0n) is 17.1. The Morgan fingerprint density at radius 1 is 1.06 bits per heavy atom. The number of thioether (sulfide) groups is 1. The molecule has 0 aliphatic rings. The third kappa shape index (κ3) is 3.54. The van der Waals surface area contributed by atoms with Gasteiger partial charge in [0, 0.05) is 28.8 Å². The molecule has 0 spiro atoms. The molecule has 0 atom stereocenters. The van der Waals surface area contributed by atoms with Gasteiger partial charge in [-0.15, -0.1) is 0 Å². The molecule has 0 bridgehead atoms. The molecule has 158 valence electrons. The smallest absolute Gasteiger partial charge is 0.283 e. The summed E-state index contributed by atoms with van der Waals surface area (Å²) in [7, 11) is 0. The highest BCUT2D eigenvalue weighted by molar-refractivity contribution is 7.98. The van der Waals surface area contributed by atoms with E-state index in [9.17, 15) is 14.9 Å². The number of nitrogens with one attached hydrogen (secondary N) is 1. The van der Waals surface area contributed by atoms with Crippen molar-refractivity contribution in [2.24, 2.45) is 0 Å². The first kappa shape index (κ1) is 20.0. The number of rotatable bonds is 5. The maximum absolute atomic E-state index is 13.5. The third-order valence-electron chi connectivity index (χ3n) is 5.26. The van der Waals surface area contributed by atoms with Gasteiger partial charge in [0.05, 0.1) is 10.6 Å². The van der Waals surface area contributed by atoms with Gasteiger partial charge in [0.15, 0.2) is 5.16 Å². The monoisotopic (exact) mass is 442 g/mol. The van der Waals surface area contributed by atoms with Gasteiger partial charge in [-0.1, -0.05) is 59.8 Å². The van der Waals surface area contributed by atoms with Crippen LogP contribution in [-0.4, -0.2) is 19.5 Å². The topological polar surface area (TPSA) is 93.8 Å². The standard InChI is InChI=1S/C24H18N4O3S/c1-15-5-4-6-16(13-15)14-32-24-26-21-19-7-2-3-8-20(19)25-22(21)23(29)27(24)17-9-11-18(12-10-17)28(30)31/h2-13,25H,14H2,1H3. The number of fused-ring (bicyclic) bond motifs is 3. The number of hydrogen-bond acceptors (Lipinski definition) is 5. The number of benzene rings is 3. The molecule has 0 amide bonds. The van der Waals surface area contributed by atoms with Gasteiger partial charge in [0.25, 0.3) is 11.2 Å². The molecule has 5 aromatic rings. The van der Waals surface area contributed by atoms with E-state index in [4.69, 9.17) is 4.98 Å². The third-order valence-corrected chi connectivity index (χ3v) is 6.27. The predicted molar refractivity (Wildman–Crippen MR) is 127 cm³/mol. The fraction of sp³-hybridized carbons (Fsp3) is 0.0833. The van der Waals surface area contributed by atoms with Crippen LogP contribution in [0.2, 0.25) is 0 Å². The van der Waals surface area contributed by atoms with Gasteiger partial charge in [-0.3, -0.25) is 19.5 Å². The van der Waals surface area contributed by atoms with Gasteiger partial charge < -0.3 is 4.98 Å². The van der Waals surface area contributed by atoms with Gasteiger partial charge in [0.2, 0.25) is 0 Å². The molecule has 0 aliphatic heterocycles. The molecule has 0 saturated carbocycles. The normalized spacial score (nSPS) is 11.3. The lowest BCUT2D eigenvalue weighted by molar-refractivity contribution is -0.384. The highest BCUT2D eigenvalue weighted by atomic mass is 32.2. The van der Waals surface area contributed by atoms with Crippen LogP contribution in [0.15, 0.2) is 82.7 Å². The van der Waals surface area contributed by atoms with Crippen molar-refractivity contribution in [3.63, 3.8) is 0 Å². The maximum atomic E-state index is 13.5. The van der Waals surface area contributed by atoms with Crippen molar-refractivity contribution in [1.82, 2.24) is 14.5 Å². The molecule has 3 aromatic carbocycles. The summed E-state index contributed by atoms with van der Waals surface area (Å²) >= 11 is 1.46. The van der Waals surface area contributed by atoms with Crippen molar-refractivity contribution in [2.45, 2.75) is 17.8 Å². The second-order valence-electron chi connectivity index (χ2n) is 7.48. The highest BCUT2D eigenvalue weighted by Gasteiger charge is 2.18. The number of aromatic amines is 1. The van der Waals surface area contributed by atoms with Gasteiger partial charge in [-0.25, -0.2) is 4.98 Å². The lowest BCUT2D eigenvalue weighted by Gasteiger charge is -2.12. The molecule has 32 heavy (non-hydrogen) atoms. The first-order valence-corrected chi connectivity index (χ1v) is 11.0. The minimum absolute atomic E-state index is 0.0320. The maximum Gasteiger partial charge on any atom is 0.283 e. The van der Waals surface area contributed by atoms with E-state index in [1.807, 2.05) is 49.4 Å². The average Bonchev–Trinajstić information content (AvgIpc) is 3.17. The summed E-state index contributed by atoms with van der Waals surface area (Å²) < 4.78 is 1.52. The summed E-state index contributed by atoms with van der Waals surface area (Å²) in [6, 6.07) is 21.8. The van der Waals surface area contributed by atoms with E-state index < -0.39 is 4.92 Å². The van der Waals surface area contributed by atoms with Crippen molar-refractivity contribution in [1.29, 1.82) is 0 Å². The Labute approximate surface area is 186 Å². The summed E-state index contributed by atoms with van der Waals surface area (Å²) in [6.07, 6.45) is 0. The number of nitro benzene ring substituents is 1. The zero-order valence-corrected chi connectivity index (χ0v) is 17.9. The Morgan fingerprint density at radius 3 is 2.59 bits per heavy atom. The fourth-order valence-corrected chi connectivity index (χ4v) is 4.69. The van der Waals surface area contributed by atoms with Crippen LogP contribution in [0.3, 0.4) is 0 Å². The average molecular weight is 443 g/mol. The Hall–Kier alpha value is -3.91. The van der Waals surface area contributed by atoms with Crippen LogP contribution in [0.4, 0.5) is 5.69 Å². The van der Waals surface area contributed by atoms with Crippen LogP contribution >= 0.6 is 11.8 Å². The van der Waals surface area contributed by atoms with E-state index in [1.54, 1.807) is 12.1 Å². The van der Waals surface area contributed by atoms with E-state index in [0.29, 0.717) is 27.6 Å². The largest absolute Gasteiger partial charge is 0.349 e. The molecule has 2 aromatic heterocycles. The van der Waals surface area contributed by atoms with E-state index in [0.717, 1.165) is 22.0 Å². The fourth-order valence-electron chi connectivity index (χ4n) is 3.74. The number of H-pyrrole nitrogens is 1. The number of aryl methyl sites for hydroxylation is 1. The molecule has 7 nitrogen and oxygen atoms in total. The molecule has 1 N–H and O–H groups in total. The van der Waals surface area contributed by atoms with Gasteiger partial charge in [-0.05, 0) is 30.7 Å². The second kappa shape index (κ2) is 7.97. The zero-order chi connectivity index (χ0) is 22.2. The number of aromatic nitrogens is 3. The first-order valence-electron chi connectivity index (χ1n) is 9.98. The van der Waals surface area contributed by atoms with Crippen LogP contribution in [0.5, 0.6) is 0 Å². The van der Waals surface area contributed by atoms with Crippen molar-refractivity contribution < 1.29 is 4.92 Å². The summed E-state index contributed by atoms with van der Waals surface area (Å²) in [4.78, 5) is 32.2. The van der Waals surface area contributed by atoms with Crippen molar-refractivity contribution in [2.75, 3.05) is 0 Å². The van der Waals surface area contributed by atoms with E-state index in [2.05, 4.69) is 11.1 Å². The SMILES string of the molecule is Cc1cccc(CSc2nc3c([nH]c4ccccc43)c(=O)n2-c2ccc([N+](=O)[O-])cc2)c1. The molecule has 0 radical (unpaired) electrons. The molecule has 0 aliphatic carbocycles. The lowest BCUT2D eigenvalue weighted by Crippen LogP contribution is -2.21. The van der Waals surface area contributed by atoms with E-state index in [1.165, 1.54) is 28.5 Å². The van der Waals surface area contributed by atoms with Crippen molar-refractivity contribution >= 4 is 39.4 Å². The van der Waals surface area contributed by atoms with Crippen LogP contribution in [0, 0.1) is 17.0 Å². The van der Waals surface area contributed by atoms with E-state index >= 15 is 0 Å². The Balaban J connectivity index is 1.69. The molecular formula is C24H18N4O3S. The van der Waals surface area contributed by atoms with Crippen LogP contribution < -0.4 is 5.56 Å². The highest BCUT2D eigenvalue weighted by Crippen LogP contribution is 2.28. The molecule has 0 saturated heterocycles. The second-order valence-corrected chi connectivity index (χ2v) is 8.42. The Kier molecular flexibility index (Phi) is 4.99. The molecule has 0 unspecified atom stereocenters. The quantitative estimate of drug-likeness (QED) is 0.171. The summed E-state index contributed by atoms with van der Waals surface area (Å²) in [5.74, 6) is 0.634. The van der Waals surface area contributed by atoms with Gasteiger partial charge in [-0.2, -0.15) is 0 Å². The van der Waals surface area contributed by atoms with Crippen molar-refractivity contribution in [3.8, 4) is 5.69 Å².